The smallest absolute Gasteiger partial charge is 0.187 e. The van der Waals surface area contributed by atoms with E-state index in [9.17, 15) is 50.8 Å². The number of carbonyl (C=O) groups excluding carboxylic acids is 1. The third-order valence-corrected chi connectivity index (χ3v) is 14.1. The van der Waals surface area contributed by atoms with E-state index >= 15 is 0 Å². The van der Waals surface area contributed by atoms with Crippen molar-refractivity contribution in [1.82, 2.24) is 0 Å². The number of fused-ring (bicyclic) bond motifs is 1. The Morgan fingerprint density at radius 3 is 1.96 bits per heavy atom. The van der Waals surface area contributed by atoms with Crippen LogP contribution < -0.4 is 0 Å². The SMILES string of the molecule is C\C(C=C=C1C(C)(C)C[C@H](O)C[C@@]1(C)O)=C/C=C/C(C)=C/C=C/C=C(C=O)\C=C\C=C(/C)CC[C@@]12O[C@]1(C)C[C@@H](O[C@@H]1O[C@H](CO)[C@@H](O[C@@H]3O[C@@H](CO)[C@H](O)[C@H](O)[C@H]3O)[C@@H](O)[C@H]1O)CC2(C)C. The van der Waals surface area contributed by atoms with Gasteiger partial charge in [-0.05, 0) is 82.8 Å². The molecule has 0 spiro atoms. The van der Waals surface area contributed by atoms with Crippen molar-refractivity contribution in [1.29, 1.82) is 0 Å². The molecule has 0 aromatic rings. The van der Waals surface area contributed by atoms with Crippen LogP contribution in [0.15, 0.2) is 100 Å². The molecule has 374 valence electrons. The fourth-order valence-corrected chi connectivity index (χ4v) is 10.6. The number of ether oxygens (including phenoxy) is 5. The largest absolute Gasteiger partial charge is 0.394 e. The van der Waals surface area contributed by atoms with Crippen molar-refractivity contribution in [2.45, 2.75) is 191 Å². The van der Waals surface area contributed by atoms with Gasteiger partial charge in [0.2, 0.25) is 0 Å². The first kappa shape index (κ1) is 54.7. The quantitative estimate of drug-likeness (QED) is 0.0331. The highest BCUT2D eigenvalue weighted by Gasteiger charge is 2.75. The topological polar surface area (TPSA) is 249 Å². The summed E-state index contributed by atoms with van der Waals surface area (Å²) in [6.45, 7) is 16.6. The van der Waals surface area contributed by atoms with Gasteiger partial charge in [-0.15, -0.1) is 5.73 Å². The summed E-state index contributed by atoms with van der Waals surface area (Å²) >= 11 is 0. The summed E-state index contributed by atoms with van der Waals surface area (Å²) in [5, 5.41) is 93.8. The third-order valence-electron chi connectivity index (χ3n) is 14.1. The van der Waals surface area contributed by atoms with Gasteiger partial charge in [0.25, 0.3) is 0 Å². The van der Waals surface area contributed by atoms with Crippen LogP contribution in [-0.4, -0.2) is 156 Å². The predicted octanol–water partition coefficient (Wildman–Crippen LogP) is 3.77. The van der Waals surface area contributed by atoms with Crippen molar-refractivity contribution >= 4 is 6.29 Å². The van der Waals surface area contributed by atoms with E-state index in [1.807, 2.05) is 96.2 Å². The Bertz CT molecular complexity index is 1990. The van der Waals surface area contributed by atoms with E-state index in [0.29, 0.717) is 31.3 Å². The predicted molar refractivity (Wildman–Crippen MR) is 250 cm³/mol. The molecule has 5 rings (SSSR count). The molecule has 3 heterocycles. The fourth-order valence-electron chi connectivity index (χ4n) is 10.6. The molecule has 0 aromatic carbocycles. The third kappa shape index (κ3) is 12.8. The molecule has 67 heavy (non-hydrogen) atoms. The molecule has 0 amide bonds. The van der Waals surface area contributed by atoms with Crippen LogP contribution in [-0.2, 0) is 28.5 Å². The van der Waals surface area contributed by atoms with Crippen molar-refractivity contribution in [3.8, 4) is 0 Å². The highest BCUT2D eigenvalue weighted by atomic mass is 16.7. The molecule has 0 radical (unpaired) electrons. The summed E-state index contributed by atoms with van der Waals surface area (Å²) in [6, 6.07) is 0. The molecule has 0 bridgehead atoms. The summed E-state index contributed by atoms with van der Waals surface area (Å²) in [7, 11) is 0. The number of aldehydes is 1. The second-order valence-electron chi connectivity index (χ2n) is 20.8. The van der Waals surface area contributed by atoms with Crippen molar-refractivity contribution in [2.75, 3.05) is 13.2 Å². The number of epoxide rings is 1. The van der Waals surface area contributed by atoms with E-state index in [1.165, 1.54) is 0 Å². The minimum Gasteiger partial charge on any atom is -0.394 e. The number of hydrogen-bond acceptors (Lipinski definition) is 15. The maximum atomic E-state index is 11.8. The van der Waals surface area contributed by atoms with Crippen LogP contribution in [0.4, 0.5) is 0 Å². The van der Waals surface area contributed by atoms with Crippen LogP contribution in [0.3, 0.4) is 0 Å². The zero-order chi connectivity index (χ0) is 49.7. The van der Waals surface area contributed by atoms with E-state index in [2.05, 4.69) is 19.6 Å². The zero-order valence-electron chi connectivity index (χ0n) is 40.5. The highest BCUT2D eigenvalue weighted by molar-refractivity contribution is 5.78. The molecule has 2 saturated carbocycles. The maximum Gasteiger partial charge on any atom is 0.187 e. The molecule has 5 aliphatic rings. The second kappa shape index (κ2) is 22.3. The van der Waals surface area contributed by atoms with Crippen molar-refractivity contribution in [3.05, 3.63) is 100 Å². The monoisotopic (exact) mass is 941 g/mol. The molecule has 15 heteroatoms. The molecular weight excluding hydrogens is 865 g/mol. The van der Waals surface area contributed by atoms with Crippen LogP contribution in [0.25, 0.3) is 0 Å². The van der Waals surface area contributed by atoms with Crippen LogP contribution >= 0.6 is 0 Å². The lowest BCUT2D eigenvalue weighted by Gasteiger charge is -2.47. The van der Waals surface area contributed by atoms with Gasteiger partial charge in [0.1, 0.15) is 60.7 Å². The Morgan fingerprint density at radius 1 is 0.701 bits per heavy atom. The van der Waals surface area contributed by atoms with E-state index in [4.69, 9.17) is 23.7 Å². The van der Waals surface area contributed by atoms with E-state index in [-0.39, 0.29) is 10.8 Å². The number of aliphatic hydroxyl groups excluding tert-OH is 8. The average Bonchev–Trinajstić information content (AvgIpc) is 3.88. The molecule has 9 N–H and O–H groups in total. The lowest BCUT2D eigenvalue weighted by atomic mass is 9.61. The first-order chi connectivity index (χ1) is 31.3. The zero-order valence-corrected chi connectivity index (χ0v) is 40.5. The summed E-state index contributed by atoms with van der Waals surface area (Å²) in [5.74, 6) is 0. The van der Waals surface area contributed by atoms with Gasteiger partial charge in [-0.1, -0.05) is 99.6 Å². The van der Waals surface area contributed by atoms with Crippen molar-refractivity contribution in [3.63, 3.8) is 0 Å². The summed E-state index contributed by atoms with van der Waals surface area (Å²) < 4.78 is 29.8. The highest BCUT2D eigenvalue weighted by Crippen LogP contribution is 2.68. The number of aliphatic hydroxyl groups is 9. The van der Waals surface area contributed by atoms with Gasteiger partial charge in [-0.3, -0.25) is 4.79 Å². The van der Waals surface area contributed by atoms with E-state index in [1.54, 1.807) is 19.1 Å². The maximum absolute atomic E-state index is 11.8. The van der Waals surface area contributed by atoms with Gasteiger partial charge in [-0.25, -0.2) is 0 Å². The minimum atomic E-state index is -1.76. The fraction of sp³-hybridized carbons (Fsp3) is 0.654. The van der Waals surface area contributed by atoms with Gasteiger partial charge in [0, 0.05) is 24.0 Å². The first-order valence-corrected chi connectivity index (χ1v) is 23.4. The van der Waals surface area contributed by atoms with Crippen LogP contribution in [0, 0.1) is 10.8 Å². The Labute approximate surface area is 395 Å². The number of rotatable bonds is 17. The van der Waals surface area contributed by atoms with Crippen LogP contribution in [0.2, 0.25) is 0 Å². The number of carbonyl (C=O) groups is 1. The molecule has 0 aromatic heterocycles. The van der Waals surface area contributed by atoms with E-state index in [0.717, 1.165) is 41.4 Å². The average molecular weight is 941 g/mol. The molecule has 3 aliphatic heterocycles. The molecule has 0 unspecified atom stereocenters. The standard InChI is InChI=1S/C52H76O15/c1-31(15-12-16-32(2)20-21-39-48(4,5)24-35(56)25-50(39,8)62)14-10-11-18-34(28-53)19-13-17-33(3)22-23-52-49(6,7)26-36(27-51(52,9)67-52)63-46-44(61)42(59)45(38(30-55)65-46)66-47-43(60)41(58)40(57)37(29-54)64-47/h10-20,28,35-38,40-47,54-62H,22-27,29-30H2,1-9H3/b11-10+,15-12+,19-13+,31-14+,32-16+,33-17+,34-18+/t21?,35-,36-,37-,38+,40-,41-,42-,43+,44+,45+,46+,47-,50+,51+,52-/m0/s1. The minimum absolute atomic E-state index is 0.295. The van der Waals surface area contributed by atoms with Gasteiger partial charge in [-0.2, -0.15) is 0 Å². The molecular formula is C52H76O15. The summed E-state index contributed by atoms with van der Waals surface area (Å²) in [4.78, 5) is 11.8. The Morgan fingerprint density at radius 2 is 1.31 bits per heavy atom. The Hall–Kier alpha value is -3.19. The van der Waals surface area contributed by atoms with Gasteiger partial charge >= 0.3 is 0 Å². The van der Waals surface area contributed by atoms with E-state index < -0.39 is 104 Å². The van der Waals surface area contributed by atoms with Crippen LogP contribution in [0.5, 0.6) is 0 Å². The van der Waals surface area contributed by atoms with Crippen molar-refractivity contribution < 1.29 is 74.4 Å². The summed E-state index contributed by atoms with van der Waals surface area (Å²) in [6.07, 6.45) is 8.60. The molecule has 15 atom stereocenters. The lowest BCUT2D eigenvalue weighted by Crippen LogP contribution is -2.65. The Kier molecular flexibility index (Phi) is 18.2. The number of allylic oxidation sites excluding steroid dienone is 14. The Balaban J connectivity index is 1.11. The molecule has 2 aliphatic carbocycles. The van der Waals surface area contributed by atoms with Gasteiger partial charge in [0.05, 0.1) is 36.6 Å². The van der Waals surface area contributed by atoms with Gasteiger partial charge < -0.3 is 69.6 Å². The molecule has 15 nitrogen and oxygen atoms in total. The number of hydrogen-bond donors (Lipinski definition) is 9. The lowest BCUT2D eigenvalue weighted by molar-refractivity contribution is -0.363. The second-order valence-corrected chi connectivity index (χ2v) is 20.8. The first-order valence-electron chi connectivity index (χ1n) is 23.4. The summed E-state index contributed by atoms with van der Waals surface area (Å²) in [5.41, 5.74) is 4.84. The van der Waals surface area contributed by atoms with Gasteiger partial charge in [0.15, 0.2) is 12.6 Å². The molecule has 5 fully saturated rings. The molecule has 3 saturated heterocycles. The van der Waals surface area contributed by atoms with Crippen molar-refractivity contribution in [2.24, 2.45) is 10.8 Å². The normalized spacial score (nSPS) is 40.6. The van der Waals surface area contributed by atoms with Crippen LogP contribution in [0.1, 0.15) is 101 Å².